The summed E-state index contributed by atoms with van der Waals surface area (Å²) in [5.74, 6) is 2.40. The van der Waals surface area contributed by atoms with Crippen LogP contribution in [0.1, 0.15) is 44.9 Å². The van der Waals surface area contributed by atoms with Gasteiger partial charge in [0.2, 0.25) is 11.8 Å². The van der Waals surface area contributed by atoms with Crippen LogP contribution in [0.2, 0.25) is 0 Å². The first-order chi connectivity index (χ1) is 13.6. The fourth-order valence-corrected chi connectivity index (χ4v) is 6.33. The van der Waals surface area contributed by atoms with Crippen molar-refractivity contribution in [1.82, 2.24) is 14.9 Å². The number of hydrogen-bond acceptors (Lipinski definition) is 4. The molecule has 154 valence electrons. The fourth-order valence-electron chi connectivity index (χ4n) is 6.33. The topological polar surface area (TPSA) is 53.1 Å². The van der Waals surface area contributed by atoms with E-state index in [4.69, 9.17) is 4.84 Å². The summed E-state index contributed by atoms with van der Waals surface area (Å²) >= 11 is 0. The zero-order valence-electron chi connectivity index (χ0n) is 17.0. The van der Waals surface area contributed by atoms with E-state index < -0.39 is 0 Å². The molecule has 1 saturated carbocycles. The largest absolute Gasteiger partial charge is 0.336 e. The summed E-state index contributed by atoms with van der Waals surface area (Å²) in [4.78, 5) is 35.6. The molecule has 3 saturated heterocycles. The van der Waals surface area contributed by atoms with E-state index in [0.717, 1.165) is 51.9 Å². The number of likely N-dealkylation sites (tertiary alicyclic amines) is 2. The number of piperidine rings is 1. The van der Waals surface area contributed by atoms with Crippen molar-refractivity contribution in [2.75, 3.05) is 33.3 Å². The summed E-state index contributed by atoms with van der Waals surface area (Å²) in [7, 11) is 1.72. The van der Waals surface area contributed by atoms with Gasteiger partial charge < -0.3 is 14.6 Å². The van der Waals surface area contributed by atoms with Gasteiger partial charge >= 0.3 is 0 Å². The summed E-state index contributed by atoms with van der Waals surface area (Å²) in [6.45, 7) is 3.35. The maximum atomic E-state index is 13.2. The Morgan fingerprint density at radius 1 is 0.964 bits per heavy atom. The Morgan fingerprint density at radius 2 is 1.71 bits per heavy atom. The maximum absolute atomic E-state index is 13.2. The van der Waals surface area contributed by atoms with Crippen molar-refractivity contribution in [3.05, 3.63) is 12.2 Å². The van der Waals surface area contributed by atoms with E-state index in [1.165, 1.54) is 12.8 Å². The Kier molecular flexibility index (Phi) is 4.95. The van der Waals surface area contributed by atoms with Crippen LogP contribution in [0.3, 0.4) is 0 Å². The van der Waals surface area contributed by atoms with Gasteiger partial charge in [0, 0.05) is 38.5 Å². The van der Waals surface area contributed by atoms with Crippen molar-refractivity contribution in [3.63, 3.8) is 0 Å². The van der Waals surface area contributed by atoms with Crippen LogP contribution in [0, 0.1) is 23.7 Å². The molecule has 6 aliphatic rings. The van der Waals surface area contributed by atoms with Gasteiger partial charge in [-0.25, -0.2) is 0 Å². The minimum absolute atomic E-state index is 0.193. The molecule has 5 atom stereocenters. The molecular weight excluding hydrogens is 354 g/mol. The van der Waals surface area contributed by atoms with Crippen molar-refractivity contribution in [2.45, 2.75) is 57.0 Å². The first kappa shape index (κ1) is 18.6. The van der Waals surface area contributed by atoms with Crippen LogP contribution in [-0.4, -0.2) is 72.0 Å². The third-order valence-electron chi connectivity index (χ3n) is 8.03. The van der Waals surface area contributed by atoms with E-state index in [9.17, 15) is 9.59 Å². The highest BCUT2D eigenvalue weighted by Gasteiger charge is 2.49. The molecule has 4 fully saturated rings. The molecule has 28 heavy (non-hydrogen) atoms. The first-order valence-corrected chi connectivity index (χ1v) is 11.2. The van der Waals surface area contributed by atoms with Gasteiger partial charge in [0.15, 0.2) is 0 Å². The molecule has 4 bridgehead atoms. The minimum Gasteiger partial charge on any atom is -0.336 e. The van der Waals surface area contributed by atoms with E-state index in [1.807, 2.05) is 5.06 Å². The molecule has 3 aliphatic carbocycles. The molecule has 6 rings (SSSR count). The van der Waals surface area contributed by atoms with Gasteiger partial charge in [0.05, 0.1) is 19.2 Å². The lowest BCUT2D eigenvalue weighted by molar-refractivity contribution is -0.152. The summed E-state index contributed by atoms with van der Waals surface area (Å²) in [6, 6.07) is 0.498. The highest BCUT2D eigenvalue weighted by molar-refractivity contribution is 5.82. The average molecular weight is 388 g/mol. The molecule has 3 aliphatic heterocycles. The fraction of sp³-hybridized carbons (Fsp3) is 0.818. The number of allylic oxidation sites excluding steroid dienone is 2. The number of hydrogen-bond donors (Lipinski definition) is 0. The highest BCUT2D eigenvalue weighted by Crippen LogP contribution is 2.43. The number of nitrogens with zero attached hydrogens (tertiary/aromatic N) is 3. The lowest BCUT2D eigenvalue weighted by Gasteiger charge is -2.42. The van der Waals surface area contributed by atoms with Crippen LogP contribution in [0.5, 0.6) is 0 Å². The summed E-state index contributed by atoms with van der Waals surface area (Å²) in [5, 5.41) is 1.98. The third-order valence-corrected chi connectivity index (χ3v) is 8.03. The van der Waals surface area contributed by atoms with Crippen molar-refractivity contribution < 1.29 is 14.4 Å². The number of carbonyl (C=O) groups excluding carboxylic acids is 2. The smallest absolute Gasteiger partial charge is 0.226 e. The van der Waals surface area contributed by atoms with Gasteiger partial charge in [-0.1, -0.05) is 12.2 Å². The molecule has 3 heterocycles. The summed E-state index contributed by atoms with van der Waals surface area (Å²) in [6.07, 6.45) is 11.8. The zero-order chi connectivity index (χ0) is 19.3. The molecule has 2 amide bonds. The number of carbonyl (C=O) groups is 2. The van der Waals surface area contributed by atoms with E-state index in [0.29, 0.717) is 36.0 Å². The van der Waals surface area contributed by atoms with Gasteiger partial charge in [0.1, 0.15) is 0 Å². The van der Waals surface area contributed by atoms with E-state index in [2.05, 4.69) is 22.0 Å². The van der Waals surface area contributed by atoms with Gasteiger partial charge in [-0.15, -0.1) is 0 Å². The summed E-state index contributed by atoms with van der Waals surface area (Å²) in [5.41, 5.74) is 0. The second-order valence-electron chi connectivity index (χ2n) is 9.57. The standard InChI is InChI=1S/C22H33N3O3/c1-28-23-8-6-16(7-9-23)11-21(26)24-13-19-12-18(24)14-25(19)22(27)20-10-15-2-4-17(20)5-3-15/h2,4,15-20H,3,5-14H2,1H3/t15-,17+,18+,19+,20-/m1/s1. The van der Waals surface area contributed by atoms with Crippen molar-refractivity contribution in [3.8, 4) is 0 Å². The van der Waals surface area contributed by atoms with Crippen LogP contribution in [0.4, 0.5) is 0 Å². The number of fused-ring (bicyclic) bond motifs is 4. The zero-order valence-corrected chi connectivity index (χ0v) is 17.0. The lowest BCUT2D eigenvalue weighted by Crippen LogP contribution is -2.53. The minimum atomic E-state index is 0.193. The van der Waals surface area contributed by atoms with Crippen molar-refractivity contribution in [2.24, 2.45) is 23.7 Å². The Bertz CT molecular complexity index is 657. The van der Waals surface area contributed by atoms with Crippen molar-refractivity contribution in [1.29, 1.82) is 0 Å². The van der Waals surface area contributed by atoms with Crippen LogP contribution in [0.25, 0.3) is 0 Å². The predicted molar refractivity (Wildman–Crippen MR) is 105 cm³/mol. The molecule has 0 aromatic rings. The van der Waals surface area contributed by atoms with E-state index in [1.54, 1.807) is 7.11 Å². The SMILES string of the molecule is CON1CCC(CC(=O)N2C[C@@H]3C[C@H]2CN3C(=O)[C@@H]2C[C@@H]3C=C[C@H]2CC3)CC1. The number of piperazine rings is 1. The molecule has 0 spiro atoms. The quantitative estimate of drug-likeness (QED) is 0.693. The normalized spacial score (nSPS) is 37.8. The van der Waals surface area contributed by atoms with Gasteiger partial charge in [-0.3, -0.25) is 9.59 Å². The second-order valence-corrected chi connectivity index (χ2v) is 9.57. The Hall–Kier alpha value is -1.40. The predicted octanol–water partition coefficient (Wildman–Crippen LogP) is 2.06. The Balaban J connectivity index is 1.14. The molecule has 0 aromatic carbocycles. The molecule has 0 radical (unpaired) electrons. The van der Waals surface area contributed by atoms with Crippen LogP contribution in [-0.2, 0) is 14.4 Å². The summed E-state index contributed by atoms with van der Waals surface area (Å²) < 4.78 is 0. The van der Waals surface area contributed by atoms with Crippen LogP contribution in [0.15, 0.2) is 12.2 Å². The first-order valence-electron chi connectivity index (χ1n) is 11.2. The molecular formula is C22H33N3O3. The second kappa shape index (κ2) is 7.45. The van der Waals surface area contributed by atoms with Gasteiger partial charge in [-0.2, -0.15) is 5.06 Å². The van der Waals surface area contributed by atoms with Gasteiger partial charge in [0.25, 0.3) is 0 Å². The number of rotatable bonds is 4. The Morgan fingerprint density at radius 3 is 2.29 bits per heavy atom. The van der Waals surface area contributed by atoms with E-state index >= 15 is 0 Å². The lowest BCUT2D eigenvalue weighted by atomic mass is 9.68. The maximum Gasteiger partial charge on any atom is 0.226 e. The number of hydroxylamine groups is 2. The van der Waals surface area contributed by atoms with Crippen LogP contribution >= 0.6 is 0 Å². The Labute approximate surface area is 167 Å². The molecule has 0 aromatic heterocycles. The van der Waals surface area contributed by atoms with Gasteiger partial charge in [-0.05, 0) is 56.3 Å². The van der Waals surface area contributed by atoms with E-state index in [-0.39, 0.29) is 18.0 Å². The average Bonchev–Trinajstić information content (AvgIpc) is 3.36. The molecule has 0 N–H and O–H groups in total. The van der Waals surface area contributed by atoms with Crippen LogP contribution < -0.4 is 0 Å². The highest BCUT2D eigenvalue weighted by atomic mass is 16.7. The van der Waals surface area contributed by atoms with Crippen molar-refractivity contribution >= 4 is 11.8 Å². The molecule has 0 unspecified atom stereocenters. The third kappa shape index (κ3) is 3.28. The molecule has 6 nitrogen and oxygen atoms in total. The monoisotopic (exact) mass is 387 g/mol. The number of amides is 2. The molecule has 6 heteroatoms.